The van der Waals surface area contributed by atoms with Gasteiger partial charge in [0, 0.05) is 58.3 Å². The Bertz CT molecular complexity index is 1870. The largest absolute Gasteiger partial charge is 0.461 e. The maximum atomic E-state index is 13.7. The van der Waals surface area contributed by atoms with Crippen LogP contribution in [-0.4, -0.2) is 150 Å². The van der Waals surface area contributed by atoms with Crippen molar-refractivity contribution in [1.29, 1.82) is 0 Å². The normalized spacial score (nSPS) is 17.0. The minimum atomic E-state index is -0.708. The van der Waals surface area contributed by atoms with E-state index in [9.17, 15) is 24.0 Å². The minimum absolute atomic E-state index is 0.00228. The van der Waals surface area contributed by atoms with E-state index in [2.05, 4.69) is 41.3 Å². The summed E-state index contributed by atoms with van der Waals surface area (Å²) in [7, 11) is 0. The number of ether oxygens (including phenoxy) is 5. The van der Waals surface area contributed by atoms with Crippen LogP contribution in [0, 0.1) is 0 Å². The van der Waals surface area contributed by atoms with Crippen LogP contribution in [0.2, 0.25) is 0 Å². The van der Waals surface area contributed by atoms with Gasteiger partial charge in [-0.1, -0.05) is 66.7 Å². The van der Waals surface area contributed by atoms with Crippen molar-refractivity contribution in [3.8, 4) is 0 Å². The van der Waals surface area contributed by atoms with Crippen LogP contribution < -0.4 is 0 Å². The van der Waals surface area contributed by atoms with Gasteiger partial charge in [0.1, 0.15) is 29.0 Å². The van der Waals surface area contributed by atoms with Gasteiger partial charge in [0.15, 0.2) is 0 Å². The maximum absolute atomic E-state index is 13.7. The molecule has 0 aliphatic carbocycles. The Labute approximate surface area is 401 Å². The van der Waals surface area contributed by atoms with E-state index >= 15 is 0 Å². The number of unbranched alkanes of at least 4 members (excludes halogenated alkanes) is 2. The SMILES string of the molecule is CC(C)(C)OC(=O)CN1CCN(CC(=O)OC(C)(C)C)CCN(CC(=O)OC(C)(C)C)C(Cc2ccc(/C=C/CCCCC(=O)OCc3ccccc3)cc2)CN(CC(=O)OC(C)(C)C)CC1. The standard InChI is InChI=1S/C53H82N4O10/c1-50(2,3)64-46(59)36-54-28-29-55(37-47(60)65-51(4,5)6)32-33-57(39-49(62)67-53(10,11)12)44(35-56(31-30-54)38-48(61)66-52(7,8)9)34-42-26-24-41(25-27-42)20-16-13-14-19-23-45(58)63-40-43-21-17-15-18-22-43/h15-18,20-22,24-27,44H,13-14,19,23,28-40H2,1-12H3/b20-16+. The lowest BCUT2D eigenvalue weighted by Crippen LogP contribution is -2.54. The van der Waals surface area contributed by atoms with Crippen LogP contribution in [0.3, 0.4) is 0 Å². The Morgan fingerprint density at radius 2 is 0.970 bits per heavy atom. The highest BCUT2D eigenvalue weighted by atomic mass is 16.6. The maximum Gasteiger partial charge on any atom is 0.320 e. The quantitative estimate of drug-likeness (QED) is 0.0827. The lowest BCUT2D eigenvalue weighted by Gasteiger charge is -2.39. The summed E-state index contributed by atoms with van der Waals surface area (Å²) in [6, 6.07) is 17.7. The van der Waals surface area contributed by atoms with Gasteiger partial charge >= 0.3 is 29.8 Å². The van der Waals surface area contributed by atoms with Gasteiger partial charge in [-0.15, -0.1) is 0 Å². The van der Waals surface area contributed by atoms with Crippen LogP contribution >= 0.6 is 0 Å². The molecule has 1 aliphatic rings. The van der Waals surface area contributed by atoms with Crippen LogP contribution in [0.1, 0.15) is 125 Å². The summed E-state index contributed by atoms with van der Waals surface area (Å²) in [5.41, 5.74) is 0.285. The van der Waals surface area contributed by atoms with Crippen LogP contribution in [0.15, 0.2) is 60.7 Å². The molecule has 0 aromatic heterocycles. The summed E-state index contributed by atoms with van der Waals surface area (Å²) in [5.74, 6) is -1.69. The number of esters is 5. The molecule has 1 fully saturated rings. The van der Waals surface area contributed by atoms with Crippen LogP contribution in [0.4, 0.5) is 0 Å². The number of allylic oxidation sites excluding steroid dienone is 1. The van der Waals surface area contributed by atoms with E-state index in [1.54, 1.807) is 0 Å². The predicted molar refractivity (Wildman–Crippen MR) is 262 cm³/mol. The Morgan fingerprint density at radius 3 is 1.46 bits per heavy atom. The van der Waals surface area contributed by atoms with Crippen molar-refractivity contribution in [2.24, 2.45) is 0 Å². The number of nitrogens with zero attached hydrogens (tertiary/aromatic N) is 4. The van der Waals surface area contributed by atoms with Crippen LogP contribution in [0.5, 0.6) is 0 Å². The molecule has 0 amide bonds. The van der Waals surface area contributed by atoms with Gasteiger partial charge in [0.25, 0.3) is 0 Å². The highest BCUT2D eigenvalue weighted by Crippen LogP contribution is 2.19. The molecule has 14 nitrogen and oxygen atoms in total. The van der Waals surface area contributed by atoms with Crippen molar-refractivity contribution < 1.29 is 47.7 Å². The van der Waals surface area contributed by atoms with Gasteiger partial charge in [-0.3, -0.25) is 43.6 Å². The summed E-state index contributed by atoms with van der Waals surface area (Å²) in [4.78, 5) is 74.1. The molecule has 0 saturated carbocycles. The van der Waals surface area contributed by atoms with Gasteiger partial charge in [-0.05, 0) is 125 Å². The Balaban J connectivity index is 1.90. The van der Waals surface area contributed by atoms with Gasteiger partial charge in [-0.25, -0.2) is 0 Å². The summed E-state index contributed by atoms with van der Waals surface area (Å²) in [5, 5.41) is 0. The fraction of sp³-hybridized carbons (Fsp3) is 0.642. The van der Waals surface area contributed by atoms with E-state index < -0.39 is 22.4 Å². The fourth-order valence-electron chi connectivity index (χ4n) is 7.41. The van der Waals surface area contributed by atoms with Gasteiger partial charge in [0.2, 0.25) is 0 Å². The van der Waals surface area contributed by atoms with Crippen molar-refractivity contribution in [2.75, 3.05) is 72.0 Å². The zero-order valence-electron chi connectivity index (χ0n) is 42.8. The monoisotopic (exact) mass is 935 g/mol. The zero-order valence-corrected chi connectivity index (χ0v) is 42.8. The first-order valence-electron chi connectivity index (χ1n) is 23.9. The molecule has 1 atom stereocenters. The van der Waals surface area contributed by atoms with E-state index in [0.717, 1.165) is 36.0 Å². The highest BCUT2D eigenvalue weighted by molar-refractivity contribution is 5.73. The molecular formula is C53H82N4O10. The van der Waals surface area contributed by atoms with Crippen molar-refractivity contribution >= 4 is 35.9 Å². The van der Waals surface area contributed by atoms with E-state index in [1.807, 2.05) is 128 Å². The molecule has 2 aromatic rings. The lowest BCUT2D eigenvalue weighted by molar-refractivity contribution is -0.160. The number of benzene rings is 2. The average molecular weight is 935 g/mol. The van der Waals surface area contributed by atoms with Crippen LogP contribution in [0.25, 0.3) is 6.08 Å². The second-order valence-electron chi connectivity index (χ2n) is 21.5. The molecule has 1 aliphatic heterocycles. The number of rotatable bonds is 18. The second kappa shape index (κ2) is 26.8. The first-order valence-corrected chi connectivity index (χ1v) is 23.9. The minimum Gasteiger partial charge on any atom is -0.461 e. The molecular weight excluding hydrogens is 853 g/mol. The van der Waals surface area contributed by atoms with Crippen molar-refractivity contribution in [1.82, 2.24) is 19.6 Å². The third-order valence-electron chi connectivity index (χ3n) is 10.2. The molecule has 1 saturated heterocycles. The summed E-state index contributed by atoms with van der Waals surface area (Å²) < 4.78 is 28.6. The lowest BCUT2D eigenvalue weighted by atomic mass is 10.0. The highest BCUT2D eigenvalue weighted by Gasteiger charge is 2.31. The Hall–Kier alpha value is -4.63. The average Bonchev–Trinajstić information content (AvgIpc) is 3.18. The molecule has 0 radical (unpaired) electrons. The van der Waals surface area contributed by atoms with Gasteiger partial charge < -0.3 is 23.7 Å². The second-order valence-corrected chi connectivity index (χ2v) is 21.5. The molecule has 374 valence electrons. The predicted octanol–water partition coefficient (Wildman–Crippen LogP) is 7.50. The van der Waals surface area contributed by atoms with E-state index in [4.69, 9.17) is 23.7 Å². The Kier molecular flexibility index (Phi) is 22.7. The molecule has 14 heteroatoms. The number of carbonyl (C=O) groups excluding carboxylic acids is 5. The molecule has 0 bridgehead atoms. The summed E-state index contributed by atoms with van der Waals surface area (Å²) >= 11 is 0. The van der Waals surface area contributed by atoms with Gasteiger partial charge in [-0.2, -0.15) is 0 Å². The third-order valence-corrected chi connectivity index (χ3v) is 10.2. The Morgan fingerprint density at radius 1 is 0.522 bits per heavy atom. The smallest absolute Gasteiger partial charge is 0.320 e. The van der Waals surface area contributed by atoms with E-state index in [0.29, 0.717) is 58.7 Å². The molecule has 3 rings (SSSR count). The molecule has 2 aromatic carbocycles. The number of carbonyl (C=O) groups is 5. The summed E-state index contributed by atoms with van der Waals surface area (Å²) in [6.45, 7) is 25.2. The van der Waals surface area contributed by atoms with E-state index in [1.165, 1.54) is 0 Å². The molecule has 0 spiro atoms. The molecule has 1 unspecified atom stereocenters. The number of hydrogen-bond acceptors (Lipinski definition) is 14. The third kappa shape index (κ3) is 26.5. The topological polar surface area (TPSA) is 144 Å². The first kappa shape index (κ1) is 56.7. The summed E-state index contributed by atoms with van der Waals surface area (Å²) in [6.07, 6.45) is 7.52. The van der Waals surface area contributed by atoms with Crippen LogP contribution in [-0.2, 0) is 60.7 Å². The first-order chi connectivity index (χ1) is 31.2. The molecule has 0 N–H and O–H groups in total. The van der Waals surface area contributed by atoms with Gasteiger partial charge in [0.05, 0.1) is 26.2 Å². The van der Waals surface area contributed by atoms with Crippen molar-refractivity contribution in [3.63, 3.8) is 0 Å². The van der Waals surface area contributed by atoms with E-state index in [-0.39, 0.29) is 68.7 Å². The fourth-order valence-corrected chi connectivity index (χ4v) is 7.41. The van der Waals surface area contributed by atoms with Crippen molar-refractivity contribution in [3.05, 3.63) is 77.4 Å². The molecule has 1 heterocycles. The van der Waals surface area contributed by atoms with Crippen molar-refractivity contribution in [2.45, 2.75) is 150 Å². The number of hydrogen-bond donors (Lipinski definition) is 0. The molecule has 67 heavy (non-hydrogen) atoms. The zero-order chi connectivity index (χ0) is 49.8.